The summed E-state index contributed by atoms with van der Waals surface area (Å²) in [5.41, 5.74) is 6.25. The number of carbonyl (C=O) groups is 2. The lowest BCUT2D eigenvalue weighted by atomic mass is 9.97. The Labute approximate surface area is 162 Å². The Balaban J connectivity index is 1.55. The van der Waals surface area contributed by atoms with Crippen LogP contribution in [0.2, 0.25) is 0 Å². The molecule has 1 fully saturated rings. The number of aromatic nitrogens is 1. The third-order valence-electron chi connectivity index (χ3n) is 4.56. The fourth-order valence-corrected chi connectivity index (χ4v) is 4.08. The molecule has 2 amide bonds. The first-order valence-corrected chi connectivity index (χ1v) is 9.74. The van der Waals surface area contributed by atoms with Gasteiger partial charge in [-0.25, -0.2) is 4.98 Å². The topological polar surface area (TPSA) is 97.6 Å². The largest absolute Gasteiger partial charge is 0.497 e. The van der Waals surface area contributed by atoms with Crippen molar-refractivity contribution in [2.45, 2.75) is 19.4 Å². The third kappa shape index (κ3) is 5.27. The fourth-order valence-electron chi connectivity index (χ4n) is 3.23. The minimum Gasteiger partial charge on any atom is -0.497 e. The summed E-state index contributed by atoms with van der Waals surface area (Å²) in [6.45, 7) is 2.05. The molecule has 27 heavy (non-hydrogen) atoms. The van der Waals surface area contributed by atoms with Gasteiger partial charge < -0.3 is 15.8 Å². The van der Waals surface area contributed by atoms with E-state index in [2.05, 4.69) is 10.3 Å². The number of benzene rings is 1. The van der Waals surface area contributed by atoms with Crippen LogP contribution in [0.3, 0.4) is 0 Å². The predicted octanol–water partition coefficient (Wildman–Crippen LogP) is 1.63. The molecule has 3 N–H and O–H groups in total. The van der Waals surface area contributed by atoms with Gasteiger partial charge in [0, 0.05) is 23.2 Å². The van der Waals surface area contributed by atoms with Gasteiger partial charge in [0.1, 0.15) is 10.8 Å². The van der Waals surface area contributed by atoms with E-state index in [1.807, 2.05) is 29.2 Å². The molecule has 1 unspecified atom stereocenters. The molecule has 3 rings (SSSR count). The van der Waals surface area contributed by atoms with Crippen LogP contribution in [0.5, 0.6) is 5.75 Å². The second kappa shape index (κ2) is 8.96. The molecule has 1 aliphatic heterocycles. The summed E-state index contributed by atoms with van der Waals surface area (Å²) in [5.74, 6) is 0.338. The molecule has 2 heterocycles. The molecule has 144 valence electrons. The van der Waals surface area contributed by atoms with Crippen LogP contribution in [-0.2, 0) is 16.1 Å². The first kappa shape index (κ1) is 19.3. The number of piperidine rings is 1. The minimum absolute atomic E-state index is 0.0144. The summed E-state index contributed by atoms with van der Waals surface area (Å²) in [5, 5.41) is 3.89. The summed E-state index contributed by atoms with van der Waals surface area (Å²) in [4.78, 5) is 30.9. The Morgan fingerprint density at radius 2 is 2.30 bits per heavy atom. The lowest BCUT2D eigenvalue weighted by Crippen LogP contribution is -2.45. The number of nitrogens with zero attached hydrogens (tertiary/aromatic N) is 2. The number of likely N-dealkylation sites (tertiary alicyclic amines) is 1. The Morgan fingerprint density at radius 3 is 3.07 bits per heavy atom. The number of hydrogen-bond donors (Lipinski definition) is 2. The van der Waals surface area contributed by atoms with E-state index in [0.717, 1.165) is 40.6 Å². The molecule has 0 saturated carbocycles. The summed E-state index contributed by atoms with van der Waals surface area (Å²) < 4.78 is 5.25. The van der Waals surface area contributed by atoms with Crippen molar-refractivity contribution < 1.29 is 14.3 Å². The first-order valence-electron chi connectivity index (χ1n) is 8.92. The van der Waals surface area contributed by atoms with E-state index in [0.29, 0.717) is 13.1 Å². The van der Waals surface area contributed by atoms with Crippen molar-refractivity contribution in [3.63, 3.8) is 0 Å². The predicted molar refractivity (Wildman–Crippen MR) is 104 cm³/mol. The van der Waals surface area contributed by atoms with Crippen LogP contribution in [-0.4, -0.2) is 48.4 Å². The van der Waals surface area contributed by atoms with Gasteiger partial charge in [-0.1, -0.05) is 12.1 Å². The van der Waals surface area contributed by atoms with Gasteiger partial charge >= 0.3 is 0 Å². The highest BCUT2D eigenvalue weighted by Gasteiger charge is 2.26. The van der Waals surface area contributed by atoms with Crippen molar-refractivity contribution in [1.82, 2.24) is 15.2 Å². The minimum atomic E-state index is -0.356. The van der Waals surface area contributed by atoms with Crippen LogP contribution < -0.4 is 15.8 Å². The number of thiazole rings is 1. The third-order valence-corrected chi connectivity index (χ3v) is 5.61. The maximum absolute atomic E-state index is 12.5. The Hall–Kier alpha value is -2.45. The quantitative estimate of drug-likeness (QED) is 0.751. The zero-order valence-corrected chi connectivity index (χ0v) is 16.1. The number of amides is 2. The van der Waals surface area contributed by atoms with Crippen molar-refractivity contribution in [2.75, 3.05) is 26.7 Å². The average Bonchev–Trinajstić information content (AvgIpc) is 3.15. The molecule has 8 heteroatoms. The number of nitrogens with two attached hydrogens (primary N) is 1. The second-order valence-electron chi connectivity index (χ2n) is 6.62. The standard InChI is InChI=1S/C19H24N4O3S/c1-26-15-6-2-4-13(8-15)19-22-10-16(27-19)9-21-18(25)14-5-3-7-23(11-14)12-17(20)24/h2,4,6,8,10,14H,3,5,7,9,11-12H2,1H3,(H2,20,24)(H,21,25). The number of hydrogen-bond acceptors (Lipinski definition) is 6. The van der Waals surface area contributed by atoms with Gasteiger partial charge in [-0.3, -0.25) is 14.5 Å². The van der Waals surface area contributed by atoms with Crippen molar-refractivity contribution >= 4 is 23.2 Å². The van der Waals surface area contributed by atoms with Gasteiger partial charge in [0.25, 0.3) is 0 Å². The summed E-state index contributed by atoms with van der Waals surface area (Å²) >= 11 is 1.55. The van der Waals surface area contributed by atoms with Crippen molar-refractivity contribution in [1.29, 1.82) is 0 Å². The molecule has 0 aliphatic carbocycles. The number of nitrogens with one attached hydrogen (secondary N) is 1. The molecule has 0 spiro atoms. The Bertz CT molecular complexity index is 808. The maximum atomic E-state index is 12.5. The lowest BCUT2D eigenvalue weighted by molar-refractivity contribution is -0.128. The zero-order chi connectivity index (χ0) is 19.2. The molecular weight excluding hydrogens is 364 g/mol. The number of rotatable bonds is 7. The molecule has 7 nitrogen and oxygen atoms in total. The van der Waals surface area contributed by atoms with E-state index >= 15 is 0 Å². The van der Waals surface area contributed by atoms with E-state index in [1.165, 1.54) is 0 Å². The van der Waals surface area contributed by atoms with Gasteiger partial charge in [-0.2, -0.15) is 0 Å². The first-order chi connectivity index (χ1) is 13.0. The number of ether oxygens (including phenoxy) is 1. The molecule has 0 bridgehead atoms. The van der Waals surface area contributed by atoms with Crippen LogP contribution in [0, 0.1) is 5.92 Å². The molecular formula is C19H24N4O3S. The van der Waals surface area contributed by atoms with E-state index in [-0.39, 0.29) is 24.3 Å². The van der Waals surface area contributed by atoms with Gasteiger partial charge in [0.15, 0.2) is 0 Å². The average molecular weight is 388 g/mol. The van der Waals surface area contributed by atoms with Crippen molar-refractivity contribution in [3.05, 3.63) is 35.3 Å². The summed E-state index contributed by atoms with van der Waals surface area (Å²) in [6, 6.07) is 7.75. The number of carbonyl (C=O) groups excluding carboxylic acids is 2. The number of methoxy groups -OCH3 is 1. The van der Waals surface area contributed by atoms with Crippen LogP contribution in [0.25, 0.3) is 10.6 Å². The van der Waals surface area contributed by atoms with Gasteiger partial charge in [-0.15, -0.1) is 11.3 Å². The van der Waals surface area contributed by atoms with Gasteiger partial charge in [0.2, 0.25) is 11.8 Å². The highest BCUT2D eigenvalue weighted by atomic mass is 32.1. The smallest absolute Gasteiger partial charge is 0.231 e. The maximum Gasteiger partial charge on any atom is 0.231 e. The SMILES string of the molecule is COc1cccc(-c2ncc(CNC(=O)C3CCCN(CC(N)=O)C3)s2)c1. The Kier molecular flexibility index (Phi) is 6.41. The molecule has 0 radical (unpaired) electrons. The van der Waals surface area contributed by atoms with E-state index in [9.17, 15) is 9.59 Å². The van der Waals surface area contributed by atoms with Gasteiger partial charge in [-0.05, 0) is 31.5 Å². The van der Waals surface area contributed by atoms with Crippen LogP contribution in [0.15, 0.2) is 30.5 Å². The molecule has 1 aromatic heterocycles. The lowest BCUT2D eigenvalue weighted by Gasteiger charge is -2.30. The normalized spacial score (nSPS) is 17.4. The van der Waals surface area contributed by atoms with Crippen LogP contribution in [0.4, 0.5) is 0 Å². The number of primary amides is 1. The summed E-state index contributed by atoms with van der Waals surface area (Å²) in [7, 11) is 1.64. The fraction of sp³-hybridized carbons (Fsp3) is 0.421. The monoisotopic (exact) mass is 388 g/mol. The van der Waals surface area contributed by atoms with Gasteiger partial charge in [0.05, 0.1) is 26.1 Å². The molecule has 1 saturated heterocycles. The zero-order valence-electron chi connectivity index (χ0n) is 15.3. The Morgan fingerprint density at radius 1 is 1.44 bits per heavy atom. The molecule has 1 aliphatic rings. The van der Waals surface area contributed by atoms with Crippen molar-refractivity contribution in [2.24, 2.45) is 11.7 Å². The van der Waals surface area contributed by atoms with E-state index in [4.69, 9.17) is 10.5 Å². The second-order valence-corrected chi connectivity index (χ2v) is 7.74. The molecule has 2 aromatic rings. The van der Waals surface area contributed by atoms with Crippen LogP contribution >= 0.6 is 11.3 Å². The van der Waals surface area contributed by atoms with E-state index in [1.54, 1.807) is 24.6 Å². The molecule has 1 atom stereocenters. The van der Waals surface area contributed by atoms with E-state index < -0.39 is 0 Å². The highest BCUT2D eigenvalue weighted by Crippen LogP contribution is 2.28. The highest BCUT2D eigenvalue weighted by molar-refractivity contribution is 7.15. The summed E-state index contributed by atoms with van der Waals surface area (Å²) in [6.07, 6.45) is 3.52. The van der Waals surface area contributed by atoms with Crippen molar-refractivity contribution in [3.8, 4) is 16.3 Å². The van der Waals surface area contributed by atoms with Crippen LogP contribution in [0.1, 0.15) is 17.7 Å². The molecule has 1 aromatic carbocycles.